The molecule has 1 aliphatic heterocycles. The van der Waals surface area contributed by atoms with Crippen molar-refractivity contribution in [3.05, 3.63) is 34.6 Å². The number of hydrogen-bond acceptors (Lipinski definition) is 5. The van der Waals surface area contributed by atoms with E-state index in [1.54, 1.807) is 37.7 Å². The van der Waals surface area contributed by atoms with E-state index in [0.717, 1.165) is 11.3 Å². The van der Waals surface area contributed by atoms with E-state index in [1.807, 2.05) is 11.6 Å². The Bertz CT molecular complexity index is 1020. The number of aromatic nitrogens is 3. The Hall–Kier alpha value is -2.75. The number of carbonyl (C=O) groups is 1. The number of rotatable bonds is 4. The maximum atomic E-state index is 13.4. The maximum absolute atomic E-state index is 13.4. The maximum Gasteiger partial charge on any atom is 0.317 e. The van der Waals surface area contributed by atoms with Gasteiger partial charge in [-0.25, -0.2) is 18.6 Å². The fourth-order valence-corrected chi connectivity index (χ4v) is 4.46. The fraction of sp³-hybridized carbons (Fsp3) is 0.571. The van der Waals surface area contributed by atoms with Crippen LogP contribution in [-0.2, 0) is 13.0 Å². The number of pyridine rings is 1. The quantitative estimate of drug-likeness (QED) is 0.773. The molecule has 2 aromatic heterocycles. The minimum Gasteiger partial charge on any atom is -0.388 e. The SMILES string of the molecule is CNC(=O)N1CCc2c(c(N(C)c3cc(C(F)F)c(C)cn3)nn2C2C(C)C2(C)O)C1. The second-order valence-electron chi connectivity index (χ2n) is 8.64. The lowest BCUT2D eigenvalue weighted by molar-refractivity contribution is 0.139. The molecule has 8 nitrogen and oxygen atoms in total. The third-order valence-corrected chi connectivity index (χ3v) is 6.74. The molecule has 1 saturated carbocycles. The molecule has 4 rings (SSSR count). The minimum atomic E-state index is -2.60. The highest BCUT2D eigenvalue weighted by atomic mass is 19.3. The third-order valence-electron chi connectivity index (χ3n) is 6.74. The first-order chi connectivity index (χ1) is 14.6. The molecular weight excluding hydrogens is 406 g/mol. The van der Waals surface area contributed by atoms with Crippen LogP contribution in [0.25, 0.3) is 0 Å². The number of hydrogen-bond donors (Lipinski definition) is 2. The van der Waals surface area contributed by atoms with Crippen molar-refractivity contribution in [2.45, 2.75) is 51.8 Å². The van der Waals surface area contributed by atoms with Gasteiger partial charge in [0.15, 0.2) is 5.82 Å². The van der Waals surface area contributed by atoms with Crippen molar-refractivity contribution in [1.29, 1.82) is 0 Å². The van der Waals surface area contributed by atoms with Crippen molar-refractivity contribution in [1.82, 2.24) is 25.0 Å². The van der Waals surface area contributed by atoms with E-state index in [1.165, 1.54) is 12.3 Å². The van der Waals surface area contributed by atoms with Gasteiger partial charge in [0.2, 0.25) is 0 Å². The highest BCUT2D eigenvalue weighted by molar-refractivity contribution is 5.75. The summed E-state index contributed by atoms with van der Waals surface area (Å²) in [5, 5.41) is 18.1. The van der Waals surface area contributed by atoms with Crippen LogP contribution in [0.5, 0.6) is 0 Å². The smallest absolute Gasteiger partial charge is 0.317 e. The Kier molecular flexibility index (Phi) is 5.15. The van der Waals surface area contributed by atoms with Gasteiger partial charge < -0.3 is 20.2 Å². The highest BCUT2D eigenvalue weighted by Gasteiger charge is 2.60. The summed E-state index contributed by atoms with van der Waals surface area (Å²) in [5.41, 5.74) is 1.29. The Morgan fingerprint density at radius 2 is 2.13 bits per heavy atom. The normalized spacial score (nSPS) is 24.9. The summed E-state index contributed by atoms with van der Waals surface area (Å²) in [4.78, 5) is 19.9. The molecule has 31 heavy (non-hydrogen) atoms. The van der Waals surface area contributed by atoms with Crippen LogP contribution in [0.15, 0.2) is 12.3 Å². The molecule has 3 heterocycles. The molecular formula is C21H28F2N6O2. The number of halogens is 2. The summed E-state index contributed by atoms with van der Waals surface area (Å²) in [6.07, 6.45) is -0.582. The van der Waals surface area contributed by atoms with Gasteiger partial charge in [0.25, 0.3) is 6.43 Å². The molecule has 1 aliphatic carbocycles. The summed E-state index contributed by atoms with van der Waals surface area (Å²) in [6.45, 7) is 6.23. The molecule has 0 spiro atoms. The van der Waals surface area contributed by atoms with E-state index in [9.17, 15) is 18.7 Å². The Labute approximate surface area is 179 Å². The average molecular weight is 434 g/mol. The standard InChI is InChI=1S/C21H28F2N6O2/c1-11-9-25-16(8-13(11)18(22)23)27(5)19-14-10-28(20(30)24-4)7-6-15(14)29(26-19)17-12(2)21(17,3)31/h8-9,12,17-18,31H,6-7,10H2,1-5H3,(H,24,30). The zero-order valence-corrected chi connectivity index (χ0v) is 18.4. The Balaban J connectivity index is 1.78. The molecule has 1 fully saturated rings. The Morgan fingerprint density at radius 1 is 1.45 bits per heavy atom. The molecule has 0 aromatic carbocycles. The number of aryl methyl sites for hydroxylation is 1. The molecule has 0 radical (unpaired) electrons. The highest BCUT2D eigenvalue weighted by Crippen LogP contribution is 2.55. The topological polar surface area (TPSA) is 86.5 Å². The lowest BCUT2D eigenvalue weighted by Crippen LogP contribution is -2.41. The van der Waals surface area contributed by atoms with E-state index in [2.05, 4.69) is 10.3 Å². The second-order valence-corrected chi connectivity index (χ2v) is 8.64. The van der Waals surface area contributed by atoms with Crippen LogP contribution in [0.2, 0.25) is 0 Å². The predicted octanol–water partition coefficient (Wildman–Crippen LogP) is 2.93. The van der Waals surface area contributed by atoms with Crippen LogP contribution in [0.4, 0.5) is 25.2 Å². The number of urea groups is 1. The molecule has 2 N–H and O–H groups in total. The predicted molar refractivity (Wildman–Crippen MR) is 112 cm³/mol. The van der Waals surface area contributed by atoms with E-state index in [4.69, 9.17) is 5.10 Å². The van der Waals surface area contributed by atoms with Gasteiger partial charge in [-0.15, -0.1) is 0 Å². The van der Waals surface area contributed by atoms with Gasteiger partial charge in [0.05, 0.1) is 18.2 Å². The van der Waals surface area contributed by atoms with Crippen LogP contribution in [0.1, 0.15) is 48.7 Å². The first kappa shape index (κ1) is 21.5. The zero-order chi connectivity index (χ0) is 22.7. The fourth-order valence-electron chi connectivity index (χ4n) is 4.46. The van der Waals surface area contributed by atoms with Crippen molar-refractivity contribution in [2.24, 2.45) is 5.92 Å². The largest absolute Gasteiger partial charge is 0.388 e. The lowest BCUT2D eigenvalue weighted by atomic mass is 10.1. The van der Waals surface area contributed by atoms with Crippen LogP contribution in [-0.4, -0.2) is 57.0 Å². The number of anilines is 2. The molecule has 2 aliphatic rings. The minimum absolute atomic E-state index is 0.0366. The molecule has 2 aromatic rings. The number of alkyl halides is 2. The summed E-state index contributed by atoms with van der Waals surface area (Å²) >= 11 is 0. The van der Waals surface area contributed by atoms with Gasteiger partial charge in [-0.1, -0.05) is 6.92 Å². The van der Waals surface area contributed by atoms with Gasteiger partial charge in [-0.3, -0.25) is 4.68 Å². The van der Waals surface area contributed by atoms with Crippen LogP contribution in [0, 0.1) is 12.8 Å². The van der Waals surface area contributed by atoms with Gasteiger partial charge in [-0.05, 0) is 25.5 Å². The summed E-state index contributed by atoms with van der Waals surface area (Å²) in [7, 11) is 3.31. The van der Waals surface area contributed by atoms with Crippen molar-refractivity contribution in [3.8, 4) is 0 Å². The molecule has 0 bridgehead atoms. The first-order valence-electron chi connectivity index (χ1n) is 10.4. The number of aliphatic hydroxyl groups is 1. The van der Waals surface area contributed by atoms with Crippen LogP contribution < -0.4 is 10.2 Å². The Morgan fingerprint density at radius 3 is 2.71 bits per heavy atom. The van der Waals surface area contributed by atoms with Crippen molar-refractivity contribution in [3.63, 3.8) is 0 Å². The number of fused-ring (bicyclic) bond motifs is 1. The number of carbonyl (C=O) groups excluding carboxylic acids is 1. The number of nitrogens with one attached hydrogen (secondary N) is 1. The van der Waals surface area contributed by atoms with Gasteiger partial charge in [0.1, 0.15) is 5.82 Å². The van der Waals surface area contributed by atoms with Gasteiger partial charge in [0, 0.05) is 56.0 Å². The van der Waals surface area contributed by atoms with E-state index < -0.39 is 12.0 Å². The lowest BCUT2D eigenvalue weighted by Gasteiger charge is -2.28. The molecule has 0 saturated heterocycles. The van der Waals surface area contributed by atoms with Crippen molar-refractivity contribution in [2.75, 3.05) is 25.5 Å². The molecule has 10 heteroatoms. The van der Waals surface area contributed by atoms with Crippen LogP contribution in [0.3, 0.4) is 0 Å². The third kappa shape index (κ3) is 3.42. The first-order valence-corrected chi connectivity index (χ1v) is 10.4. The van der Waals surface area contributed by atoms with E-state index >= 15 is 0 Å². The van der Waals surface area contributed by atoms with Crippen LogP contribution >= 0.6 is 0 Å². The molecule has 2 amide bonds. The second kappa shape index (κ2) is 7.44. The summed E-state index contributed by atoms with van der Waals surface area (Å²) in [6, 6.07) is 1.02. The monoisotopic (exact) mass is 434 g/mol. The molecule has 168 valence electrons. The van der Waals surface area contributed by atoms with E-state index in [0.29, 0.717) is 36.7 Å². The van der Waals surface area contributed by atoms with Gasteiger partial charge in [-0.2, -0.15) is 5.10 Å². The number of nitrogens with zero attached hydrogens (tertiary/aromatic N) is 5. The molecule has 3 unspecified atom stereocenters. The zero-order valence-electron chi connectivity index (χ0n) is 18.4. The summed E-state index contributed by atoms with van der Waals surface area (Å²) < 4.78 is 28.7. The molecule has 3 atom stereocenters. The van der Waals surface area contributed by atoms with Crippen molar-refractivity contribution >= 4 is 17.7 Å². The van der Waals surface area contributed by atoms with Crippen molar-refractivity contribution < 1.29 is 18.7 Å². The van der Waals surface area contributed by atoms with Gasteiger partial charge >= 0.3 is 6.03 Å². The van der Waals surface area contributed by atoms with E-state index in [-0.39, 0.29) is 23.6 Å². The number of amides is 2. The average Bonchev–Trinajstić information content (AvgIpc) is 3.07. The summed E-state index contributed by atoms with van der Waals surface area (Å²) in [5.74, 6) is 0.936.